The third kappa shape index (κ3) is 5.70. The molecule has 0 aromatic heterocycles. The van der Waals surface area contributed by atoms with Crippen LogP contribution in [0.25, 0.3) is 0 Å². The second kappa shape index (κ2) is 10.9. The Morgan fingerprint density at radius 2 is 1.84 bits per heavy atom. The largest absolute Gasteiger partial charge is 0.384 e. The van der Waals surface area contributed by atoms with Crippen molar-refractivity contribution in [1.82, 2.24) is 15.5 Å². The number of methoxy groups -OCH3 is 1. The Hall–Kier alpha value is -0.0700. The zero-order valence-electron chi connectivity index (χ0n) is 15.4. The fraction of sp³-hybridized carbons (Fsp3) is 0.944. The second-order valence-electron chi connectivity index (χ2n) is 7.73. The van der Waals surface area contributed by atoms with Crippen molar-refractivity contribution in [1.29, 1.82) is 0 Å². The maximum absolute atomic E-state index is 12.8. The zero-order valence-corrected chi connectivity index (χ0v) is 17.1. The van der Waals surface area contributed by atoms with Crippen LogP contribution in [0.5, 0.6) is 0 Å². The molecular weight excluding hydrogens is 361 g/mol. The number of rotatable bonds is 6. The van der Waals surface area contributed by atoms with Crippen molar-refractivity contribution in [2.24, 2.45) is 5.41 Å². The van der Waals surface area contributed by atoms with E-state index in [0.717, 1.165) is 45.6 Å². The van der Waals surface area contributed by atoms with Crippen LogP contribution in [0.3, 0.4) is 0 Å². The summed E-state index contributed by atoms with van der Waals surface area (Å²) in [7, 11) is 1.78. The number of likely N-dealkylation sites (tertiary alicyclic amines) is 1. The van der Waals surface area contributed by atoms with Gasteiger partial charge < -0.3 is 15.4 Å². The van der Waals surface area contributed by atoms with E-state index in [2.05, 4.69) is 15.5 Å². The highest BCUT2D eigenvalue weighted by atomic mass is 35.5. The van der Waals surface area contributed by atoms with Gasteiger partial charge in [0.2, 0.25) is 5.91 Å². The summed E-state index contributed by atoms with van der Waals surface area (Å²) in [5.41, 5.74) is 0.183. The van der Waals surface area contributed by atoms with Crippen LogP contribution in [0.1, 0.15) is 51.4 Å². The molecule has 148 valence electrons. The van der Waals surface area contributed by atoms with Gasteiger partial charge in [-0.05, 0) is 58.2 Å². The van der Waals surface area contributed by atoms with Crippen molar-refractivity contribution in [3.8, 4) is 0 Å². The van der Waals surface area contributed by atoms with E-state index in [-0.39, 0.29) is 42.2 Å². The van der Waals surface area contributed by atoms with Crippen LogP contribution in [-0.4, -0.2) is 62.8 Å². The number of hydrogen-bond acceptors (Lipinski definition) is 4. The van der Waals surface area contributed by atoms with Crippen LogP contribution in [-0.2, 0) is 9.53 Å². The minimum atomic E-state index is 0. The van der Waals surface area contributed by atoms with E-state index in [1.54, 1.807) is 7.11 Å². The molecule has 1 aliphatic carbocycles. The first-order valence-corrected chi connectivity index (χ1v) is 9.47. The van der Waals surface area contributed by atoms with Gasteiger partial charge in [0.05, 0.1) is 12.6 Å². The molecule has 0 aromatic carbocycles. The molecule has 2 saturated heterocycles. The lowest BCUT2D eigenvalue weighted by atomic mass is 9.87. The van der Waals surface area contributed by atoms with Gasteiger partial charge >= 0.3 is 0 Å². The quantitative estimate of drug-likeness (QED) is 0.724. The molecule has 0 unspecified atom stereocenters. The molecule has 0 aromatic rings. The summed E-state index contributed by atoms with van der Waals surface area (Å²) in [6.07, 6.45) is 9.44. The fourth-order valence-electron chi connectivity index (χ4n) is 4.84. The molecule has 5 nitrogen and oxygen atoms in total. The summed E-state index contributed by atoms with van der Waals surface area (Å²) in [6.45, 7) is 4.83. The second-order valence-corrected chi connectivity index (χ2v) is 7.73. The molecule has 0 bridgehead atoms. The van der Waals surface area contributed by atoms with Crippen molar-refractivity contribution in [2.75, 3.05) is 39.9 Å². The zero-order chi connectivity index (χ0) is 16.1. The van der Waals surface area contributed by atoms with Crippen LogP contribution in [0.2, 0.25) is 0 Å². The topological polar surface area (TPSA) is 53.6 Å². The summed E-state index contributed by atoms with van der Waals surface area (Å²) in [4.78, 5) is 15.3. The molecule has 2 aliphatic heterocycles. The number of amides is 1. The molecule has 1 atom stereocenters. The predicted molar refractivity (Wildman–Crippen MR) is 106 cm³/mol. The number of ether oxygens (including phenoxy) is 1. The Bertz CT molecular complexity index is 400. The maximum atomic E-state index is 12.8. The van der Waals surface area contributed by atoms with Crippen molar-refractivity contribution < 1.29 is 9.53 Å². The average molecular weight is 396 g/mol. The average Bonchev–Trinajstić information content (AvgIpc) is 3.24. The highest BCUT2D eigenvalue weighted by molar-refractivity contribution is 5.85. The molecule has 7 heteroatoms. The monoisotopic (exact) mass is 395 g/mol. The molecule has 2 N–H and O–H groups in total. The minimum absolute atomic E-state index is 0. The lowest BCUT2D eigenvalue weighted by Crippen LogP contribution is -2.52. The number of hydrogen-bond donors (Lipinski definition) is 2. The number of halogens is 2. The summed E-state index contributed by atoms with van der Waals surface area (Å²) < 4.78 is 5.43. The molecule has 0 spiro atoms. The van der Waals surface area contributed by atoms with Gasteiger partial charge in [-0.25, -0.2) is 0 Å². The molecule has 3 rings (SSSR count). The summed E-state index contributed by atoms with van der Waals surface area (Å²) in [6, 6.07) is 0.688. The van der Waals surface area contributed by atoms with Crippen LogP contribution in [0, 0.1) is 5.41 Å². The van der Waals surface area contributed by atoms with Gasteiger partial charge in [0.1, 0.15) is 0 Å². The van der Waals surface area contributed by atoms with E-state index < -0.39 is 0 Å². The van der Waals surface area contributed by atoms with Gasteiger partial charge in [-0.3, -0.25) is 9.69 Å². The lowest BCUT2D eigenvalue weighted by Gasteiger charge is -2.36. The Morgan fingerprint density at radius 3 is 2.48 bits per heavy atom. The van der Waals surface area contributed by atoms with Crippen LogP contribution in [0.4, 0.5) is 0 Å². The van der Waals surface area contributed by atoms with E-state index in [0.29, 0.717) is 6.04 Å². The highest BCUT2D eigenvalue weighted by Gasteiger charge is 2.38. The van der Waals surface area contributed by atoms with Crippen molar-refractivity contribution >= 4 is 30.7 Å². The Balaban J connectivity index is 0.00000156. The van der Waals surface area contributed by atoms with Crippen LogP contribution < -0.4 is 10.6 Å². The fourth-order valence-corrected chi connectivity index (χ4v) is 4.84. The van der Waals surface area contributed by atoms with Gasteiger partial charge in [-0.15, -0.1) is 24.8 Å². The molecule has 3 aliphatic rings. The predicted octanol–water partition coefficient (Wildman–Crippen LogP) is 2.37. The van der Waals surface area contributed by atoms with Gasteiger partial charge in [0.25, 0.3) is 0 Å². The van der Waals surface area contributed by atoms with Crippen LogP contribution in [0.15, 0.2) is 0 Å². The summed E-state index contributed by atoms with van der Waals surface area (Å²) >= 11 is 0. The van der Waals surface area contributed by atoms with E-state index in [1.807, 2.05) is 0 Å². The molecule has 3 fully saturated rings. The van der Waals surface area contributed by atoms with Crippen molar-refractivity contribution in [3.05, 3.63) is 0 Å². The van der Waals surface area contributed by atoms with Crippen molar-refractivity contribution in [3.63, 3.8) is 0 Å². The van der Waals surface area contributed by atoms with Crippen LogP contribution >= 0.6 is 24.8 Å². The molecule has 2 heterocycles. The highest BCUT2D eigenvalue weighted by Crippen LogP contribution is 2.37. The van der Waals surface area contributed by atoms with Gasteiger partial charge in [0.15, 0.2) is 0 Å². The third-order valence-corrected chi connectivity index (χ3v) is 6.13. The smallest absolute Gasteiger partial charge is 0.237 e. The first kappa shape index (κ1) is 23.0. The van der Waals surface area contributed by atoms with Gasteiger partial charge in [-0.2, -0.15) is 0 Å². The van der Waals surface area contributed by atoms with E-state index in [4.69, 9.17) is 4.74 Å². The molecular formula is C18H35Cl2N3O2. The molecule has 1 saturated carbocycles. The Labute approximate surface area is 164 Å². The standard InChI is InChI=1S/C18H33N3O2.2ClH/c1-23-14-18(8-2-3-9-18)13-20-17(22)16-5-4-12-21(16)15-6-10-19-11-7-15;;/h15-16,19H,2-14H2,1H3,(H,20,22);2*1H/t16-;;/m0../s1. The van der Waals surface area contributed by atoms with Gasteiger partial charge in [0, 0.05) is 25.1 Å². The first-order valence-electron chi connectivity index (χ1n) is 9.47. The number of carbonyl (C=O) groups is 1. The number of nitrogens with zero attached hydrogens (tertiary/aromatic N) is 1. The maximum Gasteiger partial charge on any atom is 0.237 e. The normalized spacial score (nSPS) is 26.7. The lowest BCUT2D eigenvalue weighted by molar-refractivity contribution is -0.127. The Morgan fingerprint density at radius 1 is 1.16 bits per heavy atom. The number of carbonyl (C=O) groups excluding carboxylic acids is 1. The Kier molecular flexibility index (Phi) is 10.0. The summed E-state index contributed by atoms with van der Waals surface area (Å²) in [5, 5.41) is 6.71. The first-order chi connectivity index (χ1) is 11.2. The number of piperidine rings is 1. The van der Waals surface area contributed by atoms with Gasteiger partial charge in [-0.1, -0.05) is 12.8 Å². The third-order valence-electron chi connectivity index (χ3n) is 6.13. The summed E-state index contributed by atoms with van der Waals surface area (Å²) in [5.74, 6) is 0.253. The van der Waals surface area contributed by atoms with E-state index >= 15 is 0 Å². The van der Waals surface area contributed by atoms with Crippen molar-refractivity contribution in [2.45, 2.75) is 63.5 Å². The molecule has 25 heavy (non-hydrogen) atoms. The molecule has 0 radical (unpaired) electrons. The number of nitrogens with one attached hydrogen (secondary N) is 2. The SMILES string of the molecule is COCC1(CNC(=O)[C@@H]2CCCN2C2CCNCC2)CCCC1.Cl.Cl. The van der Waals surface area contributed by atoms with E-state index in [9.17, 15) is 4.79 Å². The van der Waals surface area contributed by atoms with E-state index in [1.165, 1.54) is 38.5 Å². The minimum Gasteiger partial charge on any atom is -0.384 e. The molecule has 1 amide bonds.